The van der Waals surface area contributed by atoms with Crippen molar-refractivity contribution < 1.29 is 27.5 Å². The minimum atomic E-state index is -3.40. The topological polar surface area (TPSA) is 111 Å². The highest BCUT2D eigenvalue weighted by molar-refractivity contribution is 7.90. The highest BCUT2D eigenvalue weighted by Gasteiger charge is 2.26. The third-order valence-electron chi connectivity index (χ3n) is 4.08. The van der Waals surface area contributed by atoms with Gasteiger partial charge in [-0.15, -0.1) is 0 Å². The molecule has 0 aliphatic heterocycles. The number of amides is 2. The summed E-state index contributed by atoms with van der Waals surface area (Å²) in [5, 5.41) is 5.41. The highest BCUT2D eigenvalue weighted by Crippen LogP contribution is 2.31. The Hall–Kier alpha value is -2.29. The van der Waals surface area contributed by atoms with Crippen LogP contribution in [0.5, 0.6) is 11.5 Å². The van der Waals surface area contributed by atoms with E-state index in [4.69, 9.17) is 9.47 Å². The molecule has 2 N–H and O–H groups in total. The second-order valence-corrected chi connectivity index (χ2v) is 9.56. The molecule has 0 spiro atoms. The van der Waals surface area contributed by atoms with Crippen molar-refractivity contribution in [1.82, 2.24) is 10.6 Å². The summed E-state index contributed by atoms with van der Waals surface area (Å²) < 4.78 is 34.8. The van der Waals surface area contributed by atoms with Crippen molar-refractivity contribution in [2.45, 2.75) is 46.2 Å². The Morgan fingerprint density at radius 2 is 1.79 bits per heavy atom. The number of carbonyl (C=O) groups is 2. The van der Waals surface area contributed by atoms with E-state index in [0.717, 1.165) is 6.26 Å². The molecule has 164 valence electrons. The van der Waals surface area contributed by atoms with Crippen molar-refractivity contribution in [3.05, 3.63) is 23.8 Å². The molecule has 0 radical (unpaired) electrons. The lowest BCUT2D eigenvalue weighted by Crippen LogP contribution is -2.48. The predicted octanol–water partition coefficient (Wildman–Crippen LogP) is 1.85. The summed E-state index contributed by atoms with van der Waals surface area (Å²) in [5.41, 5.74) is 0.569. The van der Waals surface area contributed by atoms with Gasteiger partial charge in [0.2, 0.25) is 11.8 Å². The van der Waals surface area contributed by atoms with Crippen LogP contribution in [-0.4, -0.2) is 52.0 Å². The molecular formula is C20H32N2O6S. The van der Waals surface area contributed by atoms with Gasteiger partial charge >= 0.3 is 0 Å². The van der Waals surface area contributed by atoms with E-state index in [9.17, 15) is 18.0 Å². The zero-order valence-corrected chi connectivity index (χ0v) is 18.8. The number of ether oxygens (including phenoxy) is 2. The van der Waals surface area contributed by atoms with Gasteiger partial charge in [-0.25, -0.2) is 8.42 Å². The first kappa shape index (κ1) is 24.7. The zero-order chi connectivity index (χ0) is 22.2. The Morgan fingerprint density at radius 3 is 2.28 bits per heavy atom. The largest absolute Gasteiger partial charge is 0.493 e. The molecule has 0 saturated heterocycles. The molecule has 0 aliphatic carbocycles. The van der Waals surface area contributed by atoms with Crippen LogP contribution in [-0.2, 0) is 19.4 Å². The van der Waals surface area contributed by atoms with Crippen LogP contribution in [0.4, 0.5) is 0 Å². The second kappa shape index (κ2) is 11.0. The van der Waals surface area contributed by atoms with Crippen LogP contribution in [0.3, 0.4) is 0 Å². The third-order valence-corrected chi connectivity index (χ3v) is 5.02. The van der Waals surface area contributed by atoms with E-state index in [1.807, 2.05) is 20.8 Å². The number of sulfone groups is 1. The number of methoxy groups -OCH3 is 1. The van der Waals surface area contributed by atoms with E-state index in [1.165, 1.54) is 14.0 Å². The van der Waals surface area contributed by atoms with Gasteiger partial charge in [-0.2, -0.15) is 0 Å². The maximum absolute atomic E-state index is 12.8. The van der Waals surface area contributed by atoms with Crippen molar-refractivity contribution in [3.63, 3.8) is 0 Å². The number of rotatable bonds is 11. The summed E-state index contributed by atoms with van der Waals surface area (Å²) in [6, 6.07) is 3.47. The molecule has 2 amide bonds. The van der Waals surface area contributed by atoms with Gasteiger partial charge in [-0.1, -0.05) is 19.9 Å². The molecular weight excluding hydrogens is 396 g/mol. The maximum atomic E-state index is 12.8. The van der Waals surface area contributed by atoms with Gasteiger partial charge in [0.15, 0.2) is 11.5 Å². The Morgan fingerprint density at radius 1 is 1.14 bits per heavy atom. The highest BCUT2D eigenvalue weighted by atomic mass is 32.2. The van der Waals surface area contributed by atoms with E-state index < -0.39 is 27.8 Å². The fourth-order valence-corrected chi connectivity index (χ4v) is 3.80. The average Bonchev–Trinajstić information content (AvgIpc) is 2.58. The van der Waals surface area contributed by atoms with Crippen molar-refractivity contribution in [3.8, 4) is 11.5 Å². The smallest absolute Gasteiger partial charge is 0.243 e. The molecule has 8 nitrogen and oxygen atoms in total. The van der Waals surface area contributed by atoms with E-state index in [0.29, 0.717) is 30.1 Å². The van der Waals surface area contributed by atoms with E-state index in [1.54, 1.807) is 18.2 Å². The molecule has 0 heterocycles. The van der Waals surface area contributed by atoms with Crippen LogP contribution >= 0.6 is 0 Å². The minimum absolute atomic E-state index is 0.163. The molecule has 1 aromatic carbocycles. The molecule has 0 saturated carbocycles. The van der Waals surface area contributed by atoms with Crippen molar-refractivity contribution in [2.24, 2.45) is 5.92 Å². The fourth-order valence-electron chi connectivity index (χ4n) is 2.92. The van der Waals surface area contributed by atoms with Crippen LogP contribution < -0.4 is 20.1 Å². The normalized spacial score (nSPS) is 13.5. The first-order valence-electron chi connectivity index (χ1n) is 9.52. The third kappa shape index (κ3) is 8.72. The van der Waals surface area contributed by atoms with Gasteiger partial charge in [-0.3, -0.25) is 9.59 Å². The predicted molar refractivity (Wildman–Crippen MR) is 112 cm³/mol. The molecule has 0 fully saturated rings. The molecule has 2 atom stereocenters. The number of carbonyl (C=O) groups excluding carboxylic acids is 2. The van der Waals surface area contributed by atoms with Gasteiger partial charge in [0, 0.05) is 13.2 Å². The first-order valence-corrected chi connectivity index (χ1v) is 11.6. The summed E-state index contributed by atoms with van der Waals surface area (Å²) in [6.07, 6.45) is 1.54. The molecule has 0 aromatic heterocycles. The van der Waals surface area contributed by atoms with Gasteiger partial charge < -0.3 is 20.1 Å². The average molecular weight is 429 g/mol. The van der Waals surface area contributed by atoms with Crippen LogP contribution in [0.15, 0.2) is 18.2 Å². The quantitative estimate of drug-likeness (QED) is 0.556. The van der Waals surface area contributed by atoms with Crippen molar-refractivity contribution in [2.75, 3.05) is 25.7 Å². The summed E-state index contributed by atoms with van der Waals surface area (Å²) in [6.45, 7) is 7.45. The van der Waals surface area contributed by atoms with Crippen molar-refractivity contribution >= 4 is 21.7 Å². The Bertz CT molecular complexity index is 807. The molecule has 1 aromatic rings. The number of nitrogens with one attached hydrogen (secondary N) is 2. The number of hydrogen-bond acceptors (Lipinski definition) is 6. The molecule has 1 unspecified atom stereocenters. The van der Waals surface area contributed by atoms with Gasteiger partial charge in [-0.05, 0) is 37.0 Å². The summed E-state index contributed by atoms with van der Waals surface area (Å²) in [4.78, 5) is 24.3. The lowest BCUT2D eigenvalue weighted by atomic mass is 10.0. The molecule has 0 aliphatic rings. The summed E-state index contributed by atoms with van der Waals surface area (Å²) >= 11 is 0. The van der Waals surface area contributed by atoms with E-state index in [-0.39, 0.29) is 17.6 Å². The standard InChI is InChI=1S/C20H32N2O6S/c1-7-28-19-11-15(8-9-18(19)27-5)17(12-29(6,25)26)22-20(24)16(10-13(2)3)21-14(4)23/h8-9,11,13,16-17H,7,10,12H2,1-6H3,(H,21,23)(H,22,24)/t16-,17?/m0/s1. The summed E-state index contributed by atoms with van der Waals surface area (Å²) in [7, 11) is -1.89. The van der Waals surface area contributed by atoms with Crippen LogP contribution in [0.25, 0.3) is 0 Å². The van der Waals surface area contributed by atoms with Crippen LogP contribution in [0, 0.1) is 5.92 Å². The SMILES string of the molecule is CCOc1cc(C(CS(C)(=O)=O)NC(=O)[C@H](CC(C)C)NC(C)=O)ccc1OC. The first-order chi connectivity index (χ1) is 13.5. The molecule has 9 heteroatoms. The number of hydrogen-bond donors (Lipinski definition) is 2. The monoisotopic (exact) mass is 428 g/mol. The maximum Gasteiger partial charge on any atom is 0.243 e. The second-order valence-electron chi connectivity index (χ2n) is 7.38. The van der Waals surface area contributed by atoms with E-state index in [2.05, 4.69) is 10.6 Å². The lowest BCUT2D eigenvalue weighted by molar-refractivity contribution is -0.128. The molecule has 29 heavy (non-hydrogen) atoms. The molecule has 1 rings (SSSR count). The Balaban J connectivity index is 3.23. The van der Waals surface area contributed by atoms with E-state index >= 15 is 0 Å². The number of benzene rings is 1. The fraction of sp³-hybridized carbons (Fsp3) is 0.600. The zero-order valence-electron chi connectivity index (χ0n) is 17.9. The van der Waals surface area contributed by atoms with Gasteiger partial charge in [0.05, 0.1) is 25.5 Å². The van der Waals surface area contributed by atoms with Gasteiger partial charge in [0.25, 0.3) is 0 Å². The lowest BCUT2D eigenvalue weighted by Gasteiger charge is -2.24. The van der Waals surface area contributed by atoms with Crippen LogP contribution in [0.1, 0.15) is 45.7 Å². The Kier molecular flexibility index (Phi) is 9.42. The molecule has 0 bridgehead atoms. The Labute approximate surface area is 173 Å². The van der Waals surface area contributed by atoms with Gasteiger partial charge in [0.1, 0.15) is 15.9 Å². The summed E-state index contributed by atoms with van der Waals surface area (Å²) in [5.74, 6) is 0.0867. The minimum Gasteiger partial charge on any atom is -0.493 e. The van der Waals surface area contributed by atoms with Crippen molar-refractivity contribution in [1.29, 1.82) is 0 Å². The van der Waals surface area contributed by atoms with Crippen LogP contribution in [0.2, 0.25) is 0 Å².